The van der Waals surface area contributed by atoms with Gasteiger partial charge in [0.05, 0.1) is 15.8 Å². The lowest BCUT2D eigenvalue weighted by molar-refractivity contribution is 0.363. The quantitative estimate of drug-likeness (QED) is 0.579. The minimum atomic E-state index is -3.85. The SMILES string of the molecule is CCC(CC)(CN)NS(=O)(=O)c1ccc2[nH]c(=O)[nH]c(=O)c2c1.Cl. The van der Waals surface area contributed by atoms with E-state index in [9.17, 15) is 18.0 Å². The molecule has 0 unspecified atom stereocenters. The minimum absolute atomic E-state index is 0. The fraction of sp³-hybridized carbons (Fsp3) is 0.429. The van der Waals surface area contributed by atoms with Gasteiger partial charge in [-0.15, -0.1) is 12.4 Å². The van der Waals surface area contributed by atoms with E-state index in [2.05, 4.69) is 14.7 Å². The molecular weight excluding hydrogens is 356 g/mol. The van der Waals surface area contributed by atoms with Crippen LogP contribution in [0.1, 0.15) is 26.7 Å². The first-order valence-corrected chi connectivity index (χ1v) is 8.75. The highest BCUT2D eigenvalue weighted by atomic mass is 35.5. The van der Waals surface area contributed by atoms with Gasteiger partial charge in [-0.05, 0) is 31.0 Å². The Balaban J connectivity index is 0.00000288. The summed E-state index contributed by atoms with van der Waals surface area (Å²) in [5.74, 6) is 0. The summed E-state index contributed by atoms with van der Waals surface area (Å²) in [6, 6.07) is 3.97. The van der Waals surface area contributed by atoms with Gasteiger partial charge in [0.15, 0.2) is 0 Å². The van der Waals surface area contributed by atoms with Gasteiger partial charge >= 0.3 is 5.69 Å². The first-order valence-electron chi connectivity index (χ1n) is 7.27. The van der Waals surface area contributed by atoms with E-state index < -0.39 is 26.8 Å². The molecular formula is C14H21ClN4O4S. The molecule has 0 fully saturated rings. The summed E-state index contributed by atoms with van der Waals surface area (Å²) < 4.78 is 27.8. The van der Waals surface area contributed by atoms with E-state index in [1.165, 1.54) is 18.2 Å². The fourth-order valence-electron chi connectivity index (χ4n) is 2.38. The van der Waals surface area contributed by atoms with Crippen molar-refractivity contribution in [3.8, 4) is 0 Å². The Morgan fingerprint density at radius 1 is 1.17 bits per heavy atom. The van der Waals surface area contributed by atoms with Gasteiger partial charge in [-0.3, -0.25) is 9.78 Å². The molecule has 8 nitrogen and oxygen atoms in total. The third-order valence-electron chi connectivity index (χ3n) is 4.12. The molecule has 5 N–H and O–H groups in total. The van der Waals surface area contributed by atoms with Gasteiger partial charge in [-0.25, -0.2) is 17.9 Å². The molecule has 1 aromatic carbocycles. The molecule has 0 aliphatic carbocycles. The van der Waals surface area contributed by atoms with E-state index in [1.807, 2.05) is 13.8 Å². The predicted octanol–water partition coefficient (Wildman–Crippen LogP) is 0.434. The second-order valence-electron chi connectivity index (χ2n) is 5.41. The molecule has 0 radical (unpaired) electrons. The highest BCUT2D eigenvalue weighted by Gasteiger charge is 2.31. The molecule has 2 aromatic rings. The van der Waals surface area contributed by atoms with E-state index in [1.54, 1.807) is 0 Å². The Hall–Kier alpha value is -1.68. The van der Waals surface area contributed by atoms with E-state index >= 15 is 0 Å². The summed E-state index contributed by atoms with van der Waals surface area (Å²) in [4.78, 5) is 27.5. The smallest absolute Gasteiger partial charge is 0.326 e. The molecule has 10 heteroatoms. The molecule has 1 heterocycles. The zero-order valence-electron chi connectivity index (χ0n) is 13.4. The van der Waals surface area contributed by atoms with E-state index in [0.717, 1.165) is 0 Å². The van der Waals surface area contributed by atoms with Gasteiger partial charge in [-0.2, -0.15) is 0 Å². The summed E-state index contributed by atoms with van der Waals surface area (Å²) in [6.45, 7) is 3.88. The Bertz CT molecular complexity index is 923. The number of benzene rings is 1. The lowest BCUT2D eigenvalue weighted by atomic mass is 9.95. The summed E-state index contributed by atoms with van der Waals surface area (Å²) in [5, 5.41) is 0.0961. The average molecular weight is 377 g/mol. The third kappa shape index (κ3) is 3.86. The Morgan fingerprint density at radius 3 is 2.33 bits per heavy atom. The number of aromatic amines is 2. The van der Waals surface area contributed by atoms with Gasteiger partial charge in [0.1, 0.15) is 0 Å². The molecule has 0 amide bonds. The maximum Gasteiger partial charge on any atom is 0.326 e. The second-order valence-corrected chi connectivity index (χ2v) is 7.10. The number of halogens is 1. The number of hydrogen-bond acceptors (Lipinski definition) is 5. The summed E-state index contributed by atoms with van der Waals surface area (Å²) in [5.41, 5.74) is 3.98. The molecule has 2 rings (SSSR count). The molecule has 1 aromatic heterocycles. The van der Waals surface area contributed by atoms with Crippen LogP contribution in [0.3, 0.4) is 0 Å². The van der Waals surface area contributed by atoms with Gasteiger partial charge in [0.25, 0.3) is 5.56 Å². The van der Waals surface area contributed by atoms with Crippen molar-refractivity contribution < 1.29 is 8.42 Å². The van der Waals surface area contributed by atoms with Crippen molar-refractivity contribution in [2.24, 2.45) is 5.73 Å². The van der Waals surface area contributed by atoms with E-state index in [0.29, 0.717) is 12.8 Å². The second kappa shape index (κ2) is 7.47. The van der Waals surface area contributed by atoms with Gasteiger partial charge < -0.3 is 10.7 Å². The van der Waals surface area contributed by atoms with Crippen molar-refractivity contribution in [2.45, 2.75) is 37.1 Å². The first kappa shape index (κ1) is 20.4. The molecule has 134 valence electrons. The van der Waals surface area contributed by atoms with Crippen molar-refractivity contribution in [3.05, 3.63) is 39.0 Å². The Morgan fingerprint density at radius 2 is 1.79 bits per heavy atom. The Labute approximate surface area is 145 Å². The molecule has 0 atom stereocenters. The van der Waals surface area contributed by atoms with Crippen LogP contribution in [-0.2, 0) is 10.0 Å². The number of hydrogen-bond donors (Lipinski definition) is 4. The molecule has 0 spiro atoms. The number of H-pyrrole nitrogens is 2. The largest absolute Gasteiger partial charge is 0.329 e. The van der Waals surface area contributed by atoms with Crippen LogP contribution in [0.15, 0.2) is 32.7 Å². The van der Waals surface area contributed by atoms with Crippen molar-refractivity contribution in [1.29, 1.82) is 0 Å². The number of sulfonamides is 1. The topological polar surface area (TPSA) is 138 Å². The molecule has 0 aliphatic heterocycles. The zero-order chi connectivity index (χ0) is 17.3. The molecule has 24 heavy (non-hydrogen) atoms. The lowest BCUT2D eigenvalue weighted by Gasteiger charge is -2.31. The summed E-state index contributed by atoms with van der Waals surface area (Å²) >= 11 is 0. The highest BCUT2D eigenvalue weighted by Crippen LogP contribution is 2.20. The van der Waals surface area contributed by atoms with Crippen LogP contribution in [0.2, 0.25) is 0 Å². The number of rotatable bonds is 6. The van der Waals surface area contributed by atoms with Crippen LogP contribution in [0, 0.1) is 0 Å². The number of aromatic nitrogens is 2. The fourth-order valence-corrected chi connectivity index (χ4v) is 3.96. The van der Waals surface area contributed by atoms with Crippen LogP contribution in [-0.4, -0.2) is 30.5 Å². The third-order valence-corrected chi connectivity index (χ3v) is 5.69. The maximum absolute atomic E-state index is 12.6. The van der Waals surface area contributed by atoms with Gasteiger partial charge in [0, 0.05) is 12.1 Å². The Kier molecular flexibility index (Phi) is 6.34. The maximum atomic E-state index is 12.6. The molecule has 0 saturated heterocycles. The number of nitrogens with one attached hydrogen (secondary N) is 3. The monoisotopic (exact) mass is 376 g/mol. The minimum Gasteiger partial charge on any atom is -0.329 e. The van der Waals surface area contributed by atoms with Gasteiger partial charge in [0.2, 0.25) is 10.0 Å². The lowest BCUT2D eigenvalue weighted by Crippen LogP contribution is -2.52. The van der Waals surface area contributed by atoms with Crippen molar-refractivity contribution >= 4 is 33.3 Å². The van der Waals surface area contributed by atoms with Crippen LogP contribution >= 0.6 is 12.4 Å². The standard InChI is InChI=1S/C14H20N4O4S.ClH/c1-3-14(4-2,8-15)18-23(21,22)9-5-6-11-10(7-9)12(19)17-13(20)16-11;/h5-7,18H,3-4,8,15H2,1-2H3,(H2,16,17,19,20);1H. The molecule has 0 aliphatic rings. The molecule has 0 saturated carbocycles. The van der Waals surface area contributed by atoms with Crippen LogP contribution in [0.25, 0.3) is 10.9 Å². The van der Waals surface area contributed by atoms with Crippen molar-refractivity contribution in [2.75, 3.05) is 6.54 Å². The normalized spacial score (nSPS) is 12.1. The molecule has 0 bridgehead atoms. The van der Waals surface area contributed by atoms with E-state index in [4.69, 9.17) is 5.73 Å². The number of nitrogens with two attached hydrogens (primary N) is 1. The first-order chi connectivity index (χ1) is 10.8. The van der Waals surface area contributed by atoms with Crippen LogP contribution < -0.4 is 21.7 Å². The summed E-state index contributed by atoms with van der Waals surface area (Å²) in [6.07, 6.45) is 1.08. The van der Waals surface area contributed by atoms with Gasteiger partial charge in [-0.1, -0.05) is 13.8 Å². The van der Waals surface area contributed by atoms with Crippen molar-refractivity contribution in [3.63, 3.8) is 0 Å². The van der Waals surface area contributed by atoms with Crippen molar-refractivity contribution in [1.82, 2.24) is 14.7 Å². The van der Waals surface area contributed by atoms with E-state index in [-0.39, 0.29) is 34.8 Å². The highest BCUT2D eigenvalue weighted by molar-refractivity contribution is 7.89. The predicted molar refractivity (Wildman–Crippen MR) is 95.1 cm³/mol. The zero-order valence-corrected chi connectivity index (χ0v) is 15.0. The summed E-state index contributed by atoms with van der Waals surface area (Å²) in [7, 11) is -3.85. The average Bonchev–Trinajstić information content (AvgIpc) is 2.52. The number of fused-ring (bicyclic) bond motifs is 1. The van der Waals surface area contributed by atoms with Crippen LogP contribution in [0.5, 0.6) is 0 Å². The van der Waals surface area contributed by atoms with Crippen LogP contribution in [0.4, 0.5) is 0 Å².